The van der Waals surface area contributed by atoms with Gasteiger partial charge >= 0.3 is 0 Å². The van der Waals surface area contributed by atoms with Crippen LogP contribution in [-0.4, -0.2) is 0 Å². The second-order valence-corrected chi connectivity index (χ2v) is 5.72. The molecule has 18 heavy (non-hydrogen) atoms. The highest BCUT2D eigenvalue weighted by Crippen LogP contribution is 2.30. The zero-order valence-corrected chi connectivity index (χ0v) is 11.1. The standard InChI is InChI=1S/C18H22/c1-3-15-5-9-17(10-6-15)13-14-18-11-7-16(4-2)8-12-18/h1-2,15-18H,5-12H2. The van der Waals surface area contributed by atoms with Crippen LogP contribution in [0.25, 0.3) is 0 Å². The summed E-state index contributed by atoms with van der Waals surface area (Å²) in [5, 5.41) is 0. The first-order valence-electron chi connectivity index (χ1n) is 7.25. The summed E-state index contributed by atoms with van der Waals surface area (Å²) >= 11 is 0. The summed E-state index contributed by atoms with van der Waals surface area (Å²) in [7, 11) is 0. The fourth-order valence-corrected chi connectivity index (χ4v) is 3.04. The van der Waals surface area contributed by atoms with Crippen LogP contribution in [0.15, 0.2) is 0 Å². The molecule has 0 atom stereocenters. The van der Waals surface area contributed by atoms with Crippen molar-refractivity contribution in [2.24, 2.45) is 23.7 Å². The van der Waals surface area contributed by atoms with Gasteiger partial charge in [-0.15, -0.1) is 24.7 Å². The third-order valence-electron chi connectivity index (χ3n) is 4.42. The molecule has 0 amide bonds. The molecule has 2 saturated carbocycles. The zero-order valence-electron chi connectivity index (χ0n) is 11.1. The monoisotopic (exact) mass is 238 g/mol. The molecule has 0 aromatic rings. The van der Waals surface area contributed by atoms with Gasteiger partial charge in [-0.2, -0.15) is 0 Å². The summed E-state index contributed by atoms with van der Waals surface area (Å²) in [5.74, 6) is 15.0. The summed E-state index contributed by atoms with van der Waals surface area (Å²) in [5.41, 5.74) is 0. The molecule has 2 aliphatic rings. The van der Waals surface area contributed by atoms with Gasteiger partial charge in [0.25, 0.3) is 0 Å². The highest BCUT2D eigenvalue weighted by atomic mass is 14.2. The summed E-state index contributed by atoms with van der Waals surface area (Å²) in [4.78, 5) is 0. The Kier molecular flexibility index (Phi) is 4.79. The second kappa shape index (κ2) is 6.57. The summed E-state index contributed by atoms with van der Waals surface area (Å²) in [6.45, 7) is 0. The molecule has 0 saturated heterocycles. The molecule has 0 heterocycles. The van der Waals surface area contributed by atoms with E-state index in [1.807, 2.05) is 0 Å². The van der Waals surface area contributed by atoms with Crippen LogP contribution in [0.3, 0.4) is 0 Å². The Bertz CT molecular complexity index is 352. The van der Waals surface area contributed by atoms with E-state index in [2.05, 4.69) is 23.7 Å². The molecule has 0 nitrogen and oxygen atoms in total. The first-order chi connectivity index (χ1) is 8.81. The van der Waals surface area contributed by atoms with Gasteiger partial charge < -0.3 is 0 Å². The lowest BCUT2D eigenvalue weighted by Gasteiger charge is -2.23. The van der Waals surface area contributed by atoms with Crippen LogP contribution in [0.2, 0.25) is 0 Å². The minimum atomic E-state index is 0.508. The van der Waals surface area contributed by atoms with E-state index < -0.39 is 0 Å². The molecule has 94 valence electrons. The highest BCUT2D eigenvalue weighted by molar-refractivity contribution is 5.11. The van der Waals surface area contributed by atoms with Crippen molar-refractivity contribution >= 4 is 0 Å². The van der Waals surface area contributed by atoms with E-state index in [0.717, 1.165) is 0 Å². The Hall–Kier alpha value is -1.32. The van der Waals surface area contributed by atoms with Gasteiger partial charge in [-0.05, 0) is 51.4 Å². The van der Waals surface area contributed by atoms with Gasteiger partial charge in [-0.25, -0.2) is 0 Å². The summed E-state index contributed by atoms with van der Waals surface area (Å²) < 4.78 is 0. The zero-order chi connectivity index (χ0) is 12.8. The maximum absolute atomic E-state index is 5.46. The predicted octanol–water partition coefficient (Wildman–Crippen LogP) is 3.87. The van der Waals surface area contributed by atoms with Crippen molar-refractivity contribution in [3.05, 3.63) is 0 Å². The van der Waals surface area contributed by atoms with Crippen LogP contribution in [0, 0.1) is 60.2 Å². The van der Waals surface area contributed by atoms with E-state index in [1.54, 1.807) is 0 Å². The number of hydrogen-bond acceptors (Lipinski definition) is 0. The Labute approximate surface area is 112 Å². The van der Waals surface area contributed by atoms with Crippen molar-refractivity contribution in [3.8, 4) is 36.5 Å². The third-order valence-corrected chi connectivity index (χ3v) is 4.42. The van der Waals surface area contributed by atoms with E-state index in [4.69, 9.17) is 12.8 Å². The summed E-state index contributed by atoms with van der Waals surface area (Å²) in [6.07, 6.45) is 20.4. The number of rotatable bonds is 0. The fourth-order valence-electron chi connectivity index (χ4n) is 3.04. The van der Waals surface area contributed by atoms with Crippen LogP contribution in [-0.2, 0) is 0 Å². The molecule has 0 radical (unpaired) electrons. The normalized spacial score (nSPS) is 35.7. The van der Waals surface area contributed by atoms with Crippen molar-refractivity contribution in [1.82, 2.24) is 0 Å². The molecule has 0 aliphatic heterocycles. The van der Waals surface area contributed by atoms with Crippen LogP contribution >= 0.6 is 0 Å². The number of hydrogen-bond donors (Lipinski definition) is 0. The van der Waals surface area contributed by atoms with E-state index in [-0.39, 0.29) is 0 Å². The van der Waals surface area contributed by atoms with Crippen LogP contribution in [0.4, 0.5) is 0 Å². The predicted molar refractivity (Wildman–Crippen MR) is 76.3 cm³/mol. The fraction of sp³-hybridized carbons (Fsp3) is 0.667. The molecule has 2 aliphatic carbocycles. The minimum absolute atomic E-state index is 0.508. The van der Waals surface area contributed by atoms with E-state index in [9.17, 15) is 0 Å². The van der Waals surface area contributed by atoms with Gasteiger partial charge in [-0.1, -0.05) is 11.8 Å². The van der Waals surface area contributed by atoms with Crippen LogP contribution < -0.4 is 0 Å². The van der Waals surface area contributed by atoms with Crippen molar-refractivity contribution in [2.45, 2.75) is 51.4 Å². The second-order valence-electron chi connectivity index (χ2n) is 5.72. The molecule has 0 unspecified atom stereocenters. The minimum Gasteiger partial charge on any atom is -0.120 e. The maximum atomic E-state index is 5.46. The van der Waals surface area contributed by atoms with Gasteiger partial charge in [0.05, 0.1) is 0 Å². The largest absolute Gasteiger partial charge is 0.120 e. The first kappa shape index (κ1) is 13.1. The molecule has 2 rings (SSSR count). The Morgan fingerprint density at radius 2 is 0.778 bits per heavy atom. The smallest absolute Gasteiger partial charge is 0.0203 e. The Balaban J connectivity index is 1.76. The molecule has 0 bridgehead atoms. The average molecular weight is 238 g/mol. The molecule has 0 aromatic carbocycles. The maximum Gasteiger partial charge on any atom is 0.0203 e. The van der Waals surface area contributed by atoms with Crippen molar-refractivity contribution in [2.75, 3.05) is 0 Å². The molecule has 0 N–H and O–H groups in total. The third kappa shape index (κ3) is 3.59. The van der Waals surface area contributed by atoms with Crippen molar-refractivity contribution in [3.63, 3.8) is 0 Å². The average Bonchev–Trinajstić information content (AvgIpc) is 2.46. The SMILES string of the molecule is C#CC1CCC(C#CC2CCC(C#C)CC2)CC1. The first-order valence-corrected chi connectivity index (χ1v) is 7.25. The summed E-state index contributed by atoms with van der Waals surface area (Å²) in [6, 6.07) is 0. The number of terminal acetylenes is 2. The lowest BCUT2D eigenvalue weighted by Crippen LogP contribution is -2.14. The molecule has 0 heteroatoms. The van der Waals surface area contributed by atoms with Gasteiger partial charge in [0.1, 0.15) is 0 Å². The van der Waals surface area contributed by atoms with Gasteiger partial charge in [0, 0.05) is 23.7 Å². The quantitative estimate of drug-likeness (QED) is 0.562. The van der Waals surface area contributed by atoms with Gasteiger partial charge in [-0.3, -0.25) is 0 Å². The topological polar surface area (TPSA) is 0 Å². The van der Waals surface area contributed by atoms with Crippen LogP contribution in [0.1, 0.15) is 51.4 Å². The molecule has 2 fully saturated rings. The van der Waals surface area contributed by atoms with Crippen molar-refractivity contribution < 1.29 is 0 Å². The Morgan fingerprint density at radius 1 is 0.500 bits per heavy atom. The van der Waals surface area contributed by atoms with Gasteiger partial charge in [0.15, 0.2) is 0 Å². The molecule has 0 aromatic heterocycles. The highest BCUT2D eigenvalue weighted by Gasteiger charge is 2.20. The van der Waals surface area contributed by atoms with Crippen LogP contribution in [0.5, 0.6) is 0 Å². The molecular weight excluding hydrogens is 216 g/mol. The lowest BCUT2D eigenvalue weighted by molar-refractivity contribution is 0.364. The molecule has 0 spiro atoms. The lowest BCUT2D eigenvalue weighted by atomic mass is 9.80. The molecular formula is C18H22. The Morgan fingerprint density at radius 3 is 1.06 bits per heavy atom. The van der Waals surface area contributed by atoms with E-state index in [1.165, 1.54) is 51.4 Å². The van der Waals surface area contributed by atoms with E-state index >= 15 is 0 Å². The van der Waals surface area contributed by atoms with E-state index in [0.29, 0.717) is 23.7 Å². The van der Waals surface area contributed by atoms with Crippen molar-refractivity contribution in [1.29, 1.82) is 0 Å². The van der Waals surface area contributed by atoms with Gasteiger partial charge in [0.2, 0.25) is 0 Å².